The third-order valence-electron chi connectivity index (χ3n) is 6.54. The molecule has 4 heterocycles. The van der Waals surface area contributed by atoms with Crippen molar-refractivity contribution in [1.82, 2.24) is 40.3 Å². The number of benzene rings is 3. The summed E-state index contributed by atoms with van der Waals surface area (Å²) < 4.78 is 0. The number of nitriles is 1. The number of nitrogens with zero attached hydrogens (tertiary/aromatic N) is 7. The Morgan fingerprint density at radius 1 is 0.682 bits per heavy atom. The highest BCUT2D eigenvalue weighted by molar-refractivity contribution is 5.92. The van der Waals surface area contributed by atoms with Crippen LogP contribution in [-0.4, -0.2) is 40.3 Å². The number of H-pyrrole nitrogens is 2. The molecular formula is C32H28N12. The van der Waals surface area contributed by atoms with Crippen LogP contribution in [0.3, 0.4) is 0 Å². The highest BCUT2D eigenvalue weighted by Crippen LogP contribution is 2.26. The fraction of sp³-hybridized carbons (Fsp3) is 0.0938. The quantitative estimate of drug-likeness (QED) is 0.138. The van der Waals surface area contributed by atoms with E-state index in [1.54, 1.807) is 6.33 Å². The predicted molar refractivity (Wildman–Crippen MR) is 171 cm³/mol. The molecule has 0 fully saturated rings. The van der Waals surface area contributed by atoms with Gasteiger partial charge in [0.2, 0.25) is 5.95 Å². The molecule has 7 aromatic rings. The number of rotatable bonds is 7. The number of anilines is 6. The van der Waals surface area contributed by atoms with Crippen molar-refractivity contribution < 1.29 is 0 Å². The second-order valence-electron chi connectivity index (χ2n) is 9.93. The zero-order valence-electron chi connectivity index (χ0n) is 24.0. The lowest BCUT2D eigenvalue weighted by molar-refractivity contribution is 1.05. The number of para-hydroxylation sites is 2. The van der Waals surface area contributed by atoms with Crippen LogP contribution in [-0.2, 0) is 6.42 Å². The topological polar surface area (TPSA) is 169 Å². The molecule has 0 saturated carbocycles. The number of aromatic amines is 2. The SMILES string of the molecule is Cc1cc(Nc2nc(Nc3ccc(CC#N)cc3)nc3ccccc23)n[nH]1.Cc1cc(Nc2ncnc3ccccc23)n[nH]1. The molecule has 5 N–H and O–H groups in total. The molecule has 3 aromatic carbocycles. The van der Waals surface area contributed by atoms with Crippen LogP contribution in [0, 0.1) is 25.2 Å². The van der Waals surface area contributed by atoms with Gasteiger partial charge in [-0.05, 0) is 55.8 Å². The molecule has 0 aliphatic rings. The minimum Gasteiger partial charge on any atom is -0.324 e. The van der Waals surface area contributed by atoms with Gasteiger partial charge in [0.1, 0.15) is 18.0 Å². The summed E-state index contributed by atoms with van der Waals surface area (Å²) in [6, 6.07) is 29.3. The van der Waals surface area contributed by atoms with Gasteiger partial charge in [0.05, 0.1) is 23.5 Å². The Morgan fingerprint density at radius 2 is 1.30 bits per heavy atom. The molecule has 0 bridgehead atoms. The van der Waals surface area contributed by atoms with Crippen LogP contribution in [0.15, 0.2) is 91.3 Å². The second kappa shape index (κ2) is 12.7. The molecule has 44 heavy (non-hydrogen) atoms. The van der Waals surface area contributed by atoms with Crippen molar-refractivity contribution in [2.75, 3.05) is 16.0 Å². The zero-order chi connectivity index (χ0) is 30.3. The minimum atomic E-state index is 0.393. The van der Waals surface area contributed by atoms with Crippen molar-refractivity contribution in [2.45, 2.75) is 20.3 Å². The molecule has 12 heteroatoms. The number of nitrogens with one attached hydrogen (secondary N) is 5. The second-order valence-corrected chi connectivity index (χ2v) is 9.93. The monoisotopic (exact) mass is 580 g/mol. The number of aryl methyl sites for hydroxylation is 2. The summed E-state index contributed by atoms with van der Waals surface area (Å²) in [7, 11) is 0. The third kappa shape index (κ3) is 6.58. The largest absolute Gasteiger partial charge is 0.324 e. The molecule has 0 aliphatic carbocycles. The first-order chi connectivity index (χ1) is 21.5. The maximum Gasteiger partial charge on any atom is 0.229 e. The highest BCUT2D eigenvalue weighted by Gasteiger charge is 2.10. The standard InChI is InChI=1S/C20H17N7.C12H11N5/c1-13-12-18(27-26-13)24-19-16-4-2-3-5-17(16)23-20(25-19)22-15-8-6-14(7-9-15)10-11-21;1-8-6-11(17-16-8)15-12-9-4-2-3-5-10(9)13-7-14-12/h2-9,12H,10H2,1H3,(H3,22,23,24,25,26,27);2-7H,1H3,(H2,13,14,15,16,17). The first kappa shape index (κ1) is 27.8. The third-order valence-corrected chi connectivity index (χ3v) is 6.54. The molecule has 0 radical (unpaired) electrons. The molecule has 7 rings (SSSR count). The lowest BCUT2D eigenvalue weighted by Gasteiger charge is -2.11. The molecule has 0 atom stereocenters. The number of hydrogen-bond acceptors (Lipinski definition) is 10. The Kier molecular flexibility index (Phi) is 8.00. The summed E-state index contributed by atoms with van der Waals surface area (Å²) in [4.78, 5) is 17.7. The van der Waals surface area contributed by atoms with E-state index in [-0.39, 0.29) is 0 Å². The van der Waals surface area contributed by atoms with E-state index in [4.69, 9.17) is 5.26 Å². The van der Waals surface area contributed by atoms with E-state index in [1.807, 2.05) is 98.8 Å². The van der Waals surface area contributed by atoms with Gasteiger partial charge < -0.3 is 16.0 Å². The van der Waals surface area contributed by atoms with E-state index in [2.05, 4.69) is 62.4 Å². The van der Waals surface area contributed by atoms with Crippen molar-refractivity contribution in [1.29, 1.82) is 5.26 Å². The van der Waals surface area contributed by atoms with Crippen molar-refractivity contribution in [3.63, 3.8) is 0 Å². The van der Waals surface area contributed by atoms with Gasteiger partial charge in [0.25, 0.3) is 0 Å². The van der Waals surface area contributed by atoms with E-state index in [0.29, 0.717) is 24.0 Å². The van der Waals surface area contributed by atoms with Crippen LogP contribution in [0.2, 0.25) is 0 Å². The van der Waals surface area contributed by atoms with E-state index >= 15 is 0 Å². The number of aromatic nitrogens is 8. The Hall–Kier alpha value is -6.35. The number of hydrogen-bond donors (Lipinski definition) is 5. The summed E-state index contributed by atoms with van der Waals surface area (Å²) in [5, 5.41) is 34.4. The maximum atomic E-state index is 8.78. The fourth-order valence-electron chi connectivity index (χ4n) is 4.47. The van der Waals surface area contributed by atoms with Crippen molar-refractivity contribution in [2.24, 2.45) is 0 Å². The Labute approximate surface area is 252 Å². The predicted octanol–water partition coefficient (Wildman–Crippen LogP) is 6.62. The van der Waals surface area contributed by atoms with Gasteiger partial charge in [-0.2, -0.15) is 20.4 Å². The molecule has 4 aromatic heterocycles. The minimum absolute atomic E-state index is 0.393. The highest BCUT2D eigenvalue weighted by atomic mass is 15.2. The maximum absolute atomic E-state index is 8.78. The van der Waals surface area contributed by atoms with E-state index in [9.17, 15) is 0 Å². The molecule has 12 nitrogen and oxygen atoms in total. The first-order valence-corrected chi connectivity index (χ1v) is 13.8. The summed E-state index contributed by atoms with van der Waals surface area (Å²) in [6.07, 6.45) is 1.94. The van der Waals surface area contributed by atoms with Crippen LogP contribution < -0.4 is 16.0 Å². The van der Waals surface area contributed by atoms with Gasteiger partial charge in [-0.1, -0.05) is 36.4 Å². The van der Waals surface area contributed by atoms with Gasteiger partial charge in [-0.15, -0.1) is 0 Å². The van der Waals surface area contributed by atoms with Crippen molar-refractivity contribution in [3.05, 3.63) is 108 Å². The summed E-state index contributed by atoms with van der Waals surface area (Å²) in [5.41, 5.74) is 5.54. The lowest BCUT2D eigenvalue weighted by atomic mass is 10.1. The zero-order valence-corrected chi connectivity index (χ0v) is 24.0. The fourth-order valence-corrected chi connectivity index (χ4v) is 4.47. The van der Waals surface area contributed by atoms with Crippen LogP contribution >= 0.6 is 0 Å². The Morgan fingerprint density at radius 3 is 1.93 bits per heavy atom. The molecule has 0 unspecified atom stereocenters. The molecular weight excluding hydrogens is 552 g/mol. The average molecular weight is 581 g/mol. The summed E-state index contributed by atoms with van der Waals surface area (Å²) >= 11 is 0. The van der Waals surface area contributed by atoms with Crippen LogP contribution in [0.25, 0.3) is 21.8 Å². The van der Waals surface area contributed by atoms with Gasteiger partial charge >= 0.3 is 0 Å². The summed E-state index contributed by atoms with van der Waals surface area (Å²) in [6.45, 7) is 3.90. The first-order valence-electron chi connectivity index (χ1n) is 13.8. The van der Waals surface area contributed by atoms with Crippen LogP contribution in [0.4, 0.5) is 34.9 Å². The molecule has 0 spiro atoms. The molecule has 0 saturated heterocycles. The molecule has 0 amide bonds. The van der Waals surface area contributed by atoms with Crippen LogP contribution in [0.1, 0.15) is 17.0 Å². The van der Waals surface area contributed by atoms with Gasteiger partial charge in [-0.3, -0.25) is 10.2 Å². The Bertz CT molecular complexity index is 2070. The van der Waals surface area contributed by atoms with E-state index < -0.39 is 0 Å². The normalized spacial score (nSPS) is 10.6. The lowest BCUT2D eigenvalue weighted by Crippen LogP contribution is -2.02. The van der Waals surface area contributed by atoms with E-state index in [1.165, 1.54) is 0 Å². The summed E-state index contributed by atoms with van der Waals surface area (Å²) in [5.74, 6) is 3.38. The van der Waals surface area contributed by atoms with Gasteiger partial charge in [-0.25, -0.2) is 15.0 Å². The van der Waals surface area contributed by atoms with Crippen molar-refractivity contribution >= 4 is 56.7 Å². The smallest absolute Gasteiger partial charge is 0.229 e. The van der Waals surface area contributed by atoms with Crippen LogP contribution in [0.5, 0.6) is 0 Å². The van der Waals surface area contributed by atoms with Crippen molar-refractivity contribution in [3.8, 4) is 6.07 Å². The number of fused-ring (bicyclic) bond motifs is 2. The Balaban J connectivity index is 0.000000173. The average Bonchev–Trinajstić information content (AvgIpc) is 3.65. The molecule has 216 valence electrons. The van der Waals surface area contributed by atoms with E-state index in [0.717, 1.165) is 56.1 Å². The van der Waals surface area contributed by atoms with Gasteiger partial charge in [0.15, 0.2) is 11.6 Å². The van der Waals surface area contributed by atoms with Gasteiger partial charge in [0, 0.05) is 40.0 Å². The molecule has 0 aliphatic heterocycles.